The van der Waals surface area contributed by atoms with Crippen LogP contribution in [0.2, 0.25) is 0 Å². The first-order valence-corrected chi connectivity index (χ1v) is 7.80. The van der Waals surface area contributed by atoms with Crippen molar-refractivity contribution in [3.8, 4) is 0 Å². The van der Waals surface area contributed by atoms with Gasteiger partial charge in [-0.05, 0) is 31.5 Å². The van der Waals surface area contributed by atoms with E-state index in [0.29, 0.717) is 18.1 Å². The second-order valence-electron chi connectivity index (χ2n) is 5.93. The molecule has 2 amide bonds. The van der Waals surface area contributed by atoms with Gasteiger partial charge in [-0.2, -0.15) is 0 Å². The molecule has 24 heavy (non-hydrogen) atoms. The molecule has 0 saturated heterocycles. The summed E-state index contributed by atoms with van der Waals surface area (Å²) < 4.78 is 10.6. The maximum atomic E-state index is 12.2. The van der Waals surface area contributed by atoms with Gasteiger partial charge in [-0.3, -0.25) is 0 Å². The van der Waals surface area contributed by atoms with E-state index < -0.39 is 5.60 Å². The molecule has 0 aliphatic rings. The van der Waals surface area contributed by atoms with Crippen LogP contribution in [0.15, 0.2) is 46.9 Å². The molecule has 0 bridgehead atoms. The third-order valence-corrected chi connectivity index (χ3v) is 3.70. The normalized spacial score (nSPS) is 14.7. The predicted octanol–water partition coefficient (Wildman–Crippen LogP) is 2.48. The number of carbonyl (C=O) groups excluding carboxylic acids is 1. The Bertz CT molecular complexity index is 652. The number of nitrogens with one attached hydrogen (secondary N) is 2. The molecule has 1 heterocycles. The largest absolute Gasteiger partial charge is 0.463 e. The minimum absolute atomic E-state index is 0.0281. The van der Waals surface area contributed by atoms with E-state index in [9.17, 15) is 9.90 Å². The number of hydrogen-bond donors (Lipinski definition) is 3. The molecular formula is C18H24N2O4. The summed E-state index contributed by atoms with van der Waals surface area (Å²) in [6.45, 7) is 3.77. The van der Waals surface area contributed by atoms with E-state index in [4.69, 9.17) is 9.15 Å². The van der Waals surface area contributed by atoms with Crippen LogP contribution in [-0.4, -0.2) is 31.4 Å². The zero-order valence-electron chi connectivity index (χ0n) is 14.2. The SMILES string of the molecule is COCC(NC(=O)NCC(C)(O)c1ccc(C)o1)c1ccccc1. The number of amides is 2. The first-order valence-electron chi connectivity index (χ1n) is 7.80. The summed E-state index contributed by atoms with van der Waals surface area (Å²) in [6.07, 6.45) is 0. The summed E-state index contributed by atoms with van der Waals surface area (Å²) >= 11 is 0. The van der Waals surface area contributed by atoms with Gasteiger partial charge in [0.25, 0.3) is 0 Å². The Morgan fingerprint density at radius 2 is 2.00 bits per heavy atom. The van der Waals surface area contributed by atoms with Crippen LogP contribution < -0.4 is 10.6 Å². The fourth-order valence-corrected chi connectivity index (χ4v) is 2.35. The van der Waals surface area contributed by atoms with Gasteiger partial charge in [0.2, 0.25) is 0 Å². The smallest absolute Gasteiger partial charge is 0.315 e. The fourth-order valence-electron chi connectivity index (χ4n) is 2.35. The Labute approximate surface area is 141 Å². The molecule has 1 aromatic carbocycles. The van der Waals surface area contributed by atoms with Gasteiger partial charge < -0.3 is 24.9 Å². The topological polar surface area (TPSA) is 83.7 Å². The summed E-state index contributed by atoms with van der Waals surface area (Å²) in [5.41, 5.74) is -0.335. The van der Waals surface area contributed by atoms with Gasteiger partial charge in [0.15, 0.2) is 0 Å². The maximum absolute atomic E-state index is 12.2. The average molecular weight is 332 g/mol. The number of carbonyl (C=O) groups is 1. The zero-order chi connectivity index (χ0) is 17.6. The average Bonchev–Trinajstić information content (AvgIpc) is 3.01. The molecule has 6 nitrogen and oxygen atoms in total. The van der Waals surface area contributed by atoms with E-state index in [-0.39, 0.29) is 18.6 Å². The minimum atomic E-state index is -1.28. The lowest BCUT2D eigenvalue weighted by atomic mass is 10.0. The highest BCUT2D eigenvalue weighted by Crippen LogP contribution is 2.22. The Hall–Kier alpha value is -2.31. The van der Waals surface area contributed by atoms with Crippen LogP contribution in [0.5, 0.6) is 0 Å². The summed E-state index contributed by atoms with van der Waals surface area (Å²) in [7, 11) is 1.58. The van der Waals surface area contributed by atoms with E-state index in [1.165, 1.54) is 0 Å². The van der Waals surface area contributed by atoms with E-state index in [0.717, 1.165) is 5.56 Å². The fraction of sp³-hybridized carbons (Fsp3) is 0.389. The van der Waals surface area contributed by atoms with Crippen molar-refractivity contribution >= 4 is 6.03 Å². The summed E-state index contributed by atoms with van der Waals surface area (Å²) in [5.74, 6) is 1.12. The highest BCUT2D eigenvalue weighted by Gasteiger charge is 2.27. The first-order chi connectivity index (χ1) is 11.4. The lowest BCUT2D eigenvalue weighted by Gasteiger charge is -2.23. The number of methoxy groups -OCH3 is 1. The number of aliphatic hydroxyl groups is 1. The van der Waals surface area contributed by atoms with Gasteiger partial charge in [-0.15, -0.1) is 0 Å². The highest BCUT2D eigenvalue weighted by atomic mass is 16.5. The molecule has 2 unspecified atom stereocenters. The molecule has 0 spiro atoms. The van der Waals surface area contributed by atoms with Crippen molar-refractivity contribution in [2.75, 3.05) is 20.3 Å². The lowest BCUT2D eigenvalue weighted by molar-refractivity contribution is 0.0357. The summed E-state index contributed by atoms with van der Waals surface area (Å²) in [4.78, 5) is 12.2. The molecule has 130 valence electrons. The van der Waals surface area contributed by atoms with Crippen molar-refractivity contribution in [1.82, 2.24) is 10.6 Å². The number of rotatable bonds is 7. The molecule has 2 atom stereocenters. The number of aryl methyl sites for hydroxylation is 1. The zero-order valence-corrected chi connectivity index (χ0v) is 14.2. The highest BCUT2D eigenvalue weighted by molar-refractivity contribution is 5.74. The van der Waals surface area contributed by atoms with Gasteiger partial charge in [-0.1, -0.05) is 30.3 Å². The van der Waals surface area contributed by atoms with E-state index in [1.807, 2.05) is 30.3 Å². The standard InChI is InChI=1S/C18H24N2O4/c1-13-9-10-16(24-13)18(2,22)12-19-17(21)20-15(11-23-3)14-7-5-4-6-8-14/h4-10,15,22H,11-12H2,1-3H3,(H2,19,20,21). The monoisotopic (exact) mass is 332 g/mol. The van der Waals surface area contributed by atoms with Crippen molar-refractivity contribution in [3.63, 3.8) is 0 Å². The van der Waals surface area contributed by atoms with E-state index in [2.05, 4.69) is 10.6 Å². The van der Waals surface area contributed by atoms with E-state index >= 15 is 0 Å². The molecule has 2 rings (SSSR count). The van der Waals surface area contributed by atoms with Crippen LogP contribution in [0.1, 0.15) is 30.0 Å². The van der Waals surface area contributed by atoms with Gasteiger partial charge in [0.05, 0.1) is 19.2 Å². The van der Waals surface area contributed by atoms with Gasteiger partial charge in [0.1, 0.15) is 17.1 Å². The Kier molecular flexibility index (Phi) is 6.00. The minimum Gasteiger partial charge on any atom is -0.463 e. The maximum Gasteiger partial charge on any atom is 0.315 e. The van der Waals surface area contributed by atoms with Crippen LogP contribution >= 0.6 is 0 Å². The molecule has 0 fully saturated rings. The second kappa shape index (κ2) is 7.99. The van der Waals surface area contributed by atoms with E-state index in [1.54, 1.807) is 33.1 Å². The molecule has 3 N–H and O–H groups in total. The van der Waals surface area contributed by atoms with Crippen LogP contribution in [0, 0.1) is 6.92 Å². The third-order valence-electron chi connectivity index (χ3n) is 3.70. The number of urea groups is 1. The Morgan fingerprint density at radius 3 is 2.58 bits per heavy atom. The van der Waals surface area contributed by atoms with Gasteiger partial charge in [-0.25, -0.2) is 4.79 Å². The molecule has 6 heteroatoms. The number of ether oxygens (including phenoxy) is 1. The number of furan rings is 1. The second-order valence-corrected chi connectivity index (χ2v) is 5.93. The summed E-state index contributed by atoms with van der Waals surface area (Å²) in [6, 6.07) is 12.4. The molecular weight excluding hydrogens is 308 g/mol. The number of benzene rings is 1. The Balaban J connectivity index is 1.93. The predicted molar refractivity (Wildman–Crippen MR) is 90.6 cm³/mol. The molecule has 0 aliphatic carbocycles. The Morgan fingerprint density at radius 1 is 1.29 bits per heavy atom. The van der Waals surface area contributed by atoms with Crippen molar-refractivity contribution in [2.24, 2.45) is 0 Å². The molecule has 0 saturated carbocycles. The first kappa shape index (κ1) is 18.0. The lowest BCUT2D eigenvalue weighted by Crippen LogP contribution is -2.45. The van der Waals surface area contributed by atoms with Gasteiger partial charge >= 0.3 is 6.03 Å². The molecule has 0 aliphatic heterocycles. The number of hydrogen-bond acceptors (Lipinski definition) is 4. The third kappa shape index (κ3) is 4.84. The van der Waals surface area contributed by atoms with Crippen molar-refractivity contribution < 1.29 is 19.1 Å². The van der Waals surface area contributed by atoms with Crippen LogP contribution in [0.25, 0.3) is 0 Å². The molecule has 2 aromatic rings. The van der Waals surface area contributed by atoms with Crippen LogP contribution in [0.4, 0.5) is 4.79 Å². The molecule has 0 radical (unpaired) electrons. The molecule has 1 aromatic heterocycles. The van der Waals surface area contributed by atoms with Crippen LogP contribution in [-0.2, 0) is 10.3 Å². The van der Waals surface area contributed by atoms with Crippen molar-refractivity contribution in [3.05, 3.63) is 59.5 Å². The van der Waals surface area contributed by atoms with Crippen LogP contribution in [0.3, 0.4) is 0 Å². The van der Waals surface area contributed by atoms with Gasteiger partial charge in [0, 0.05) is 7.11 Å². The van der Waals surface area contributed by atoms with Crippen molar-refractivity contribution in [1.29, 1.82) is 0 Å². The van der Waals surface area contributed by atoms with Crippen molar-refractivity contribution in [2.45, 2.75) is 25.5 Å². The summed E-state index contributed by atoms with van der Waals surface area (Å²) in [5, 5.41) is 16.0. The quantitative estimate of drug-likeness (QED) is 0.727.